The summed E-state index contributed by atoms with van der Waals surface area (Å²) in [6, 6.07) is 0. The van der Waals surface area contributed by atoms with E-state index in [9.17, 15) is 8.42 Å². The fraction of sp³-hybridized carbons (Fsp3) is 0.750. The van der Waals surface area contributed by atoms with E-state index < -0.39 is 10.2 Å². The molecule has 1 atom stereocenters. The van der Waals surface area contributed by atoms with Crippen LogP contribution in [0.3, 0.4) is 0 Å². The van der Waals surface area contributed by atoms with Crippen molar-refractivity contribution in [1.82, 2.24) is 14.2 Å². The quantitative estimate of drug-likeness (QED) is 0.817. The van der Waals surface area contributed by atoms with Gasteiger partial charge in [0.05, 0.1) is 5.69 Å². The van der Waals surface area contributed by atoms with Crippen molar-refractivity contribution in [3.8, 4) is 0 Å². The minimum atomic E-state index is -3.53. The molecule has 0 aromatic carbocycles. The molecule has 20 heavy (non-hydrogen) atoms. The molecule has 2 rings (SSSR count). The first-order valence-electron chi connectivity index (χ1n) is 6.71. The molecule has 7 nitrogen and oxygen atoms in total. The summed E-state index contributed by atoms with van der Waals surface area (Å²) in [5, 5.41) is 13.0. The lowest BCUT2D eigenvalue weighted by molar-refractivity contribution is 0.164. The number of aromatic nitrogens is 1. The topological polar surface area (TPSA) is 95.7 Å². The minimum Gasteiger partial charge on any atom is -0.396 e. The second-order valence-corrected chi connectivity index (χ2v) is 6.93. The number of rotatable bonds is 5. The van der Waals surface area contributed by atoms with Crippen LogP contribution in [0.4, 0.5) is 0 Å². The van der Waals surface area contributed by atoms with E-state index >= 15 is 0 Å². The van der Waals surface area contributed by atoms with Crippen molar-refractivity contribution in [2.24, 2.45) is 5.92 Å². The lowest BCUT2D eigenvalue weighted by Gasteiger charge is -2.30. The van der Waals surface area contributed by atoms with Crippen LogP contribution in [-0.2, 0) is 16.8 Å². The van der Waals surface area contributed by atoms with Gasteiger partial charge in [0.2, 0.25) is 0 Å². The first-order chi connectivity index (χ1) is 9.44. The van der Waals surface area contributed by atoms with Gasteiger partial charge in [0.25, 0.3) is 10.2 Å². The zero-order valence-electron chi connectivity index (χ0n) is 11.8. The third-order valence-corrected chi connectivity index (χ3v) is 5.21. The van der Waals surface area contributed by atoms with Gasteiger partial charge in [0.1, 0.15) is 5.76 Å². The van der Waals surface area contributed by atoms with Gasteiger partial charge in [-0.2, -0.15) is 17.4 Å². The van der Waals surface area contributed by atoms with E-state index in [4.69, 9.17) is 9.63 Å². The second kappa shape index (κ2) is 6.21. The van der Waals surface area contributed by atoms with Crippen molar-refractivity contribution in [3.05, 3.63) is 17.0 Å². The van der Waals surface area contributed by atoms with Gasteiger partial charge in [-0.1, -0.05) is 5.16 Å². The molecule has 0 bridgehead atoms. The molecule has 0 radical (unpaired) electrons. The number of nitrogens with zero attached hydrogens (tertiary/aromatic N) is 2. The fourth-order valence-electron chi connectivity index (χ4n) is 2.40. The van der Waals surface area contributed by atoms with Crippen LogP contribution in [0.1, 0.15) is 29.9 Å². The molecule has 2 heterocycles. The highest BCUT2D eigenvalue weighted by atomic mass is 32.2. The average molecular weight is 303 g/mol. The summed E-state index contributed by atoms with van der Waals surface area (Å²) in [5.74, 6) is 0.650. The molecule has 0 amide bonds. The van der Waals surface area contributed by atoms with E-state index in [2.05, 4.69) is 9.88 Å². The molecular formula is C12H21N3O4S. The Balaban J connectivity index is 2.00. The predicted molar refractivity (Wildman–Crippen MR) is 73.1 cm³/mol. The lowest BCUT2D eigenvalue weighted by Crippen LogP contribution is -2.46. The Bertz CT molecular complexity index is 536. The summed E-state index contributed by atoms with van der Waals surface area (Å²) in [6.45, 7) is 4.59. The number of aliphatic hydroxyl groups is 1. The Kier molecular flexibility index (Phi) is 4.79. The molecule has 1 aliphatic heterocycles. The van der Waals surface area contributed by atoms with Gasteiger partial charge in [-0.25, -0.2) is 0 Å². The summed E-state index contributed by atoms with van der Waals surface area (Å²) < 4.78 is 33.5. The third-order valence-electron chi connectivity index (χ3n) is 3.69. The SMILES string of the molecule is Cc1noc(C)c1CNS(=O)(=O)N1CCCC(CO)C1. The maximum Gasteiger partial charge on any atom is 0.279 e. The largest absolute Gasteiger partial charge is 0.396 e. The monoisotopic (exact) mass is 303 g/mol. The van der Waals surface area contributed by atoms with Gasteiger partial charge in [0, 0.05) is 31.8 Å². The van der Waals surface area contributed by atoms with Crippen LogP contribution in [0.2, 0.25) is 0 Å². The minimum absolute atomic E-state index is 0.0237. The number of aryl methyl sites for hydroxylation is 2. The van der Waals surface area contributed by atoms with Crippen molar-refractivity contribution in [2.75, 3.05) is 19.7 Å². The van der Waals surface area contributed by atoms with Crippen LogP contribution < -0.4 is 4.72 Å². The van der Waals surface area contributed by atoms with Crippen LogP contribution >= 0.6 is 0 Å². The van der Waals surface area contributed by atoms with Crippen molar-refractivity contribution in [3.63, 3.8) is 0 Å². The van der Waals surface area contributed by atoms with Crippen LogP contribution in [0.5, 0.6) is 0 Å². The summed E-state index contributed by atoms with van der Waals surface area (Å²) in [4.78, 5) is 0. The molecule has 1 aromatic rings. The fourth-order valence-corrected chi connectivity index (χ4v) is 3.69. The van der Waals surface area contributed by atoms with Crippen molar-refractivity contribution in [1.29, 1.82) is 0 Å². The zero-order valence-corrected chi connectivity index (χ0v) is 12.6. The number of hydrogen-bond acceptors (Lipinski definition) is 5. The molecule has 1 fully saturated rings. The van der Waals surface area contributed by atoms with E-state index in [0.29, 0.717) is 24.5 Å². The smallest absolute Gasteiger partial charge is 0.279 e. The first kappa shape index (κ1) is 15.4. The van der Waals surface area contributed by atoms with Gasteiger partial charge in [0.15, 0.2) is 0 Å². The van der Waals surface area contributed by atoms with Gasteiger partial charge in [-0.05, 0) is 32.6 Å². The van der Waals surface area contributed by atoms with E-state index in [1.807, 2.05) is 0 Å². The van der Waals surface area contributed by atoms with Gasteiger partial charge >= 0.3 is 0 Å². The molecular weight excluding hydrogens is 282 g/mol. The summed E-state index contributed by atoms with van der Waals surface area (Å²) in [5.41, 5.74) is 1.46. The van der Waals surface area contributed by atoms with Crippen LogP contribution in [0.25, 0.3) is 0 Å². The molecule has 8 heteroatoms. The molecule has 0 aliphatic carbocycles. The first-order valence-corrected chi connectivity index (χ1v) is 8.15. The highest BCUT2D eigenvalue weighted by Crippen LogP contribution is 2.19. The Morgan fingerprint density at radius 1 is 1.50 bits per heavy atom. The van der Waals surface area contributed by atoms with Crippen LogP contribution in [0, 0.1) is 19.8 Å². The van der Waals surface area contributed by atoms with E-state index in [-0.39, 0.29) is 19.1 Å². The van der Waals surface area contributed by atoms with Crippen molar-refractivity contribution in [2.45, 2.75) is 33.2 Å². The van der Waals surface area contributed by atoms with Crippen molar-refractivity contribution >= 4 is 10.2 Å². The Morgan fingerprint density at radius 3 is 2.85 bits per heavy atom. The van der Waals surface area contributed by atoms with E-state index in [0.717, 1.165) is 18.4 Å². The highest BCUT2D eigenvalue weighted by Gasteiger charge is 2.28. The molecule has 1 aromatic heterocycles. The predicted octanol–water partition coefficient (Wildman–Crippen LogP) is 0.330. The zero-order chi connectivity index (χ0) is 14.8. The van der Waals surface area contributed by atoms with Gasteiger partial charge < -0.3 is 9.63 Å². The number of piperidine rings is 1. The average Bonchev–Trinajstić information content (AvgIpc) is 2.76. The number of nitrogens with one attached hydrogen (secondary N) is 1. The molecule has 1 saturated heterocycles. The molecule has 1 unspecified atom stereocenters. The van der Waals surface area contributed by atoms with Crippen molar-refractivity contribution < 1.29 is 18.0 Å². The molecule has 114 valence electrons. The highest BCUT2D eigenvalue weighted by molar-refractivity contribution is 7.87. The third kappa shape index (κ3) is 3.38. The standard InChI is InChI=1S/C12H21N3O4S/c1-9-12(10(2)19-14-9)6-13-20(17,18)15-5-3-4-11(7-15)8-16/h11,13,16H,3-8H2,1-2H3. The lowest BCUT2D eigenvalue weighted by atomic mass is 10.0. The molecule has 2 N–H and O–H groups in total. The maximum absolute atomic E-state index is 12.2. The van der Waals surface area contributed by atoms with Crippen LogP contribution in [0.15, 0.2) is 4.52 Å². The van der Waals surface area contributed by atoms with Gasteiger partial charge in [-0.15, -0.1) is 0 Å². The maximum atomic E-state index is 12.2. The number of aliphatic hydroxyl groups excluding tert-OH is 1. The Hall–Kier alpha value is -0.960. The van der Waals surface area contributed by atoms with Gasteiger partial charge in [-0.3, -0.25) is 0 Å². The Morgan fingerprint density at radius 2 is 2.25 bits per heavy atom. The summed E-state index contributed by atoms with van der Waals surface area (Å²) in [7, 11) is -3.53. The molecule has 1 aliphatic rings. The second-order valence-electron chi connectivity index (χ2n) is 5.18. The Labute approximate surface area is 119 Å². The summed E-state index contributed by atoms with van der Waals surface area (Å²) >= 11 is 0. The van der Waals surface area contributed by atoms with Crippen LogP contribution in [-0.4, -0.2) is 42.7 Å². The molecule has 0 saturated carbocycles. The number of hydrogen-bond donors (Lipinski definition) is 2. The van der Waals surface area contributed by atoms with E-state index in [1.54, 1.807) is 13.8 Å². The normalized spacial score (nSPS) is 21.2. The van der Waals surface area contributed by atoms with E-state index in [1.165, 1.54) is 4.31 Å². The summed E-state index contributed by atoms with van der Waals surface area (Å²) in [6.07, 6.45) is 1.64. The molecule has 0 spiro atoms.